The molecule has 0 bridgehead atoms. The summed E-state index contributed by atoms with van der Waals surface area (Å²) in [6.07, 6.45) is 3.07. The predicted octanol–water partition coefficient (Wildman–Crippen LogP) is 3.00. The Balaban J connectivity index is 2.05. The van der Waals surface area contributed by atoms with E-state index in [4.69, 9.17) is 4.74 Å². The van der Waals surface area contributed by atoms with Crippen LogP contribution in [0.2, 0.25) is 0 Å². The van der Waals surface area contributed by atoms with Crippen LogP contribution in [0.5, 0.6) is 0 Å². The van der Waals surface area contributed by atoms with Crippen LogP contribution >= 0.6 is 15.9 Å². The van der Waals surface area contributed by atoms with Crippen LogP contribution in [0.3, 0.4) is 0 Å². The van der Waals surface area contributed by atoms with Crippen LogP contribution in [-0.2, 0) is 20.9 Å². The number of carbonyl (C=O) groups excluding carboxylic acids is 2. The summed E-state index contributed by atoms with van der Waals surface area (Å²) in [5.74, 6) is -0.782. The minimum absolute atomic E-state index is 0.228. The number of halogens is 1. The van der Waals surface area contributed by atoms with Crippen LogP contribution in [0, 0.1) is 0 Å². The van der Waals surface area contributed by atoms with E-state index in [0.717, 1.165) is 5.56 Å². The Bertz CT molecular complexity index is 956. The summed E-state index contributed by atoms with van der Waals surface area (Å²) in [7, 11) is 0. The lowest BCUT2D eigenvalue weighted by Gasteiger charge is -2.19. The van der Waals surface area contributed by atoms with E-state index in [2.05, 4.69) is 43.1 Å². The second kappa shape index (κ2) is 8.13. The van der Waals surface area contributed by atoms with Crippen LogP contribution in [0.15, 0.2) is 47.9 Å². The van der Waals surface area contributed by atoms with Gasteiger partial charge in [-0.25, -0.2) is 14.8 Å². The molecule has 138 valence electrons. The van der Waals surface area contributed by atoms with Gasteiger partial charge in [0.05, 0.1) is 34.6 Å². The minimum atomic E-state index is -0.443. The summed E-state index contributed by atoms with van der Waals surface area (Å²) in [5, 5.41) is 5.77. The summed E-state index contributed by atoms with van der Waals surface area (Å²) < 4.78 is 5.38. The van der Waals surface area contributed by atoms with E-state index < -0.39 is 5.97 Å². The standard InChI is InChI=1S/C19H17BrN4O3/c1-3-27-19(26)14-8-21-9-15-16(14)17(23-10-22-15)12-5-4-6-13(7-12)24-18(25)11(2)20/h4-8,10,21H,2-3,9H2,1H3,(H,24,25). The van der Waals surface area contributed by atoms with Crippen LogP contribution in [0.4, 0.5) is 5.69 Å². The average Bonchev–Trinajstić information content (AvgIpc) is 2.67. The van der Waals surface area contributed by atoms with Crippen LogP contribution < -0.4 is 10.6 Å². The van der Waals surface area contributed by atoms with E-state index in [1.807, 2.05) is 6.07 Å². The van der Waals surface area contributed by atoms with Gasteiger partial charge in [-0.3, -0.25) is 4.79 Å². The number of benzene rings is 1. The molecule has 2 N–H and O–H groups in total. The maximum atomic E-state index is 12.4. The molecule has 0 radical (unpaired) electrons. The topological polar surface area (TPSA) is 93.2 Å². The number of hydrogen-bond acceptors (Lipinski definition) is 6. The van der Waals surface area contributed by atoms with Crippen molar-refractivity contribution in [3.63, 3.8) is 0 Å². The van der Waals surface area contributed by atoms with Crippen LogP contribution in [0.1, 0.15) is 18.2 Å². The van der Waals surface area contributed by atoms with Crippen molar-refractivity contribution < 1.29 is 14.3 Å². The highest BCUT2D eigenvalue weighted by molar-refractivity contribution is 9.12. The lowest BCUT2D eigenvalue weighted by atomic mass is 9.96. The molecule has 0 aliphatic carbocycles. The molecular weight excluding hydrogens is 412 g/mol. The fourth-order valence-electron chi connectivity index (χ4n) is 2.69. The van der Waals surface area contributed by atoms with Gasteiger partial charge in [-0.1, -0.05) is 18.7 Å². The van der Waals surface area contributed by atoms with Crippen molar-refractivity contribution in [1.29, 1.82) is 0 Å². The van der Waals surface area contributed by atoms with Crippen LogP contribution in [0.25, 0.3) is 16.8 Å². The Kier molecular flexibility index (Phi) is 5.66. The molecule has 0 saturated heterocycles. The van der Waals surface area contributed by atoms with Gasteiger partial charge >= 0.3 is 5.97 Å². The van der Waals surface area contributed by atoms with E-state index in [1.165, 1.54) is 6.33 Å². The Morgan fingerprint density at radius 2 is 2.19 bits per heavy atom. The highest BCUT2D eigenvalue weighted by Gasteiger charge is 2.25. The number of hydrogen-bond donors (Lipinski definition) is 2. The normalized spacial score (nSPS) is 12.3. The SMILES string of the molecule is C=C(Br)C(=O)Nc1cccc(-c2ncnc3c2C(C(=O)OCC)=CNC3)c1. The van der Waals surface area contributed by atoms with Gasteiger partial charge in [0.25, 0.3) is 5.91 Å². The van der Waals surface area contributed by atoms with E-state index in [9.17, 15) is 9.59 Å². The minimum Gasteiger partial charge on any atom is -0.462 e. The lowest BCUT2D eigenvalue weighted by molar-refractivity contribution is -0.136. The first-order valence-corrected chi connectivity index (χ1v) is 9.01. The highest BCUT2D eigenvalue weighted by atomic mass is 79.9. The largest absolute Gasteiger partial charge is 0.462 e. The smallest absolute Gasteiger partial charge is 0.340 e. The third-order valence-corrected chi connectivity index (χ3v) is 4.21. The first-order valence-electron chi connectivity index (χ1n) is 8.22. The Morgan fingerprint density at radius 1 is 1.37 bits per heavy atom. The van der Waals surface area contributed by atoms with Crippen molar-refractivity contribution in [2.24, 2.45) is 0 Å². The number of aromatic nitrogens is 2. The molecule has 0 atom stereocenters. The van der Waals surface area contributed by atoms with Crippen molar-refractivity contribution in [2.75, 3.05) is 11.9 Å². The second-order valence-electron chi connectivity index (χ2n) is 5.64. The molecule has 7 nitrogen and oxygen atoms in total. The summed E-state index contributed by atoms with van der Waals surface area (Å²) in [4.78, 5) is 32.9. The second-order valence-corrected chi connectivity index (χ2v) is 6.60. The molecule has 2 heterocycles. The molecule has 0 spiro atoms. The number of fused-ring (bicyclic) bond motifs is 1. The first kappa shape index (κ1) is 18.8. The van der Waals surface area contributed by atoms with Gasteiger partial charge < -0.3 is 15.4 Å². The molecule has 3 rings (SSSR count). The summed E-state index contributed by atoms with van der Waals surface area (Å²) in [6, 6.07) is 7.19. The van der Waals surface area contributed by atoms with Crippen molar-refractivity contribution >= 4 is 39.1 Å². The van der Waals surface area contributed by atoms with Crippen LogP contribution in [-0.4, -0.2) is 28.5 Å². The number of amides is 1. The number of nitrogens with one attached hydrogen (secondary N) is 2. The Hall–Kier alpha value is -3.00. The van der Waals surface area contributed by atoms with Gasteiger partial charge in [0, 0.05) is 23.0 Å². The van der Waals surface area contributed by atoms with Gasteiger partial charge in [0.1, 0.15) is 6.33 Å². The molecule has 1 aromatic heterocycles. The molecule has 8 heteroatoms. The molecule has 27 heavy (non-hydrogen) atoms. The van der Waals surface area contributed by atoms with Gasteiger partial charge in [0.2, 0.25) is 0 Å². The molecule has 0 unspecified atom stereocenters. The predicted molar refractivity (Wildman–Crippen MR) is 106 cm³/mol. The highest BCUT2D eigenvalue weighted by Crippen LogP contribution is 2.32. The Labute approximate surface area is 164 Å². The van der Waals surface area contributed by atoms with Gasteiger partial charge in [-0.15, -0.1) is 0 Å². The number of carbonyl (C=O) groups is 2. The van der Waals surface area contributed by atoms with E-state index in [0.29, 0.717) is 34.8 Å². The monoisotopic (exact) mass is 428 g/mol. The van der Waals surface area contributed by atoms with Crippen molar-refractivity contribution in [3.05, 3.63) is 59.1 Å². The molecule has 1 aromatic carbocycles. The molecule has 0 saturated carbocycles. The quantitative estimate of drug-likeness (QED) is 0.561. The molecule has 2 aromatic rings. The van der Waals surface area contributed by atoms with Crippen molar-refractivity contribution in [3.8, 4) is 11.3 Å². The number of anilines is 1. The maximum absolute atomic E-state index is 12.4. The molecule has 1 aliphatic rings. The molecule has 0 fully saturated rings. The Morgan fingerprint density at radius 3 is 2.93 bits per heavy atom. The fourth-order valence-corrected chi connectivity index (χ4v) is 2.79. The number of rotatable bonds is 5. The van der Waals surface area contributed by atoms with E-state index in [-0.39, 0.29) is 17.0 Å². The molecular formula is C19H17BrN4O3. The van der Waals surface area contributed by atoms with E-state index >= 15 is 0 Å². The first-order chi connectivity index (χ1) is 13.0. The molecule has 1 aliphatic heterocycles. The third-order valence-electron chi connectivity index (χ3n) is 3.85. The third kappa shape index (κ3) is 4.06. The number of esters is 1. The van der Waals surface area contributed by atoms with Gasteiger partial charge in [-0.2, -0.15) is 0 Å². The summed E-state index contributed by atoms with van der Waals surface area (Å²) in [5.41, 5.74) is 3.62. The zero-order chi connectivity index (χ0) is 19.4. The van der Waals surface area contributed by atoms with E-state index in [1.54, 1.807) is 31.3 Å². The average molecular weight is 429 g/mol. The zero-order valence-corrected chi connectivity index (χ0v) is 16.2. The van der Waals surface area contributed by atoms with Crippen molar-refractivity contribution in [1.82, 2.24) is 15.3 Å². The maximum Gasteiger partial charge on any atom is 0.340 e. The molecule has 1 amide bonds. The van der Waals surface area contributed by atoms with Gasteiger partial charge in [-0.05, 0) is 35.0 Å². The summed E-state index contributed by atoms with van der Waals surface area (Å²) in [6.45, 7) is 6.06. The van der Waals surface area contributed by atoms with Gasteiger partial charge in [0.15, 0.2) is 0 Å². The lowest BCUT2D eigenvalue weighted by Crippen LogP contribution is -2.21. The van der Waals surface area contributed by atoms with Crippen molar-refractivity contribution in [2.45, 2.75) is 13.5 Å². The fraction of sp³-hybridized carbons (Fsp3) is 0.158. The zero-order valence-electron chi connectivity index (χ0n) is 14.6. The number of nitrogens with zero attached hydrogens (tertiary/aromatic N) is 2. The number of ether oxygens (including phenoxy) is 1. The summed E-state index contributed by atoms with van der Waals surface area (Å²) >= 11 is 3.06.